The van der Waals surface area contributed by atoms with Crippen molar-refractivity contribution >= 4 is 12.1 Å². The lowest BCUT2D eigenvalue weighted by Gasteiger charge is -2.40. The Hall–Kier alpha value is -2.11. The first-order chi connectivity index (χ1) is 12.1. The number of aliphatic carboxylic acids is 1. The highest BCUT2D eigenvalue weighted by Gasteiger charge is 2.46. The molecule has 1 aromatic carbocycles. The number of hydrogen-bond donors (Lipinski definition) is 1. The molecule has 1 fully saturated rings. The van der Waals surface area contributed by atoms with E-state index in [1.54, 1.807) is 17.0 Å². The number of carboxylic acid groups (broad SMARTS) is 1. The molecule has 1 heterocycles. The van der Waals surface area contributed by atoms with E-state index in [0.717, 1.165) is 11.1 Å². The fourth-order valence-corrected chi connectivity index (χ4v) is 4.35. The normalized spacial score (nSPS) is 21.5. The molecule has 1 spiro atoms. The molecule has 0 unspecified atom stereocenters. The van der Waals surface area contributed by atoms with Gasteiger partial charge in [0.2, 0.25) is 0 Å². The van der Waals surface area contributed by atoms with Gasteiger partial charge in [0, 0.05) is 13.1 Å². The van der Waals surface area contributed by atoms with Crippen LogP contribution in [0.2, 0.25) is 0 Å². The minimum Gasteiger partial charge on any atom is -0.481 e. The van der Waals surface area contributed by atoms with Crippen LogP contribution in [0, 0.1) is 5.82 Å². The Balaban J connectivity index is 1.79. The molecular formula is C20H26FNO4. The minimum absolute atomic E-state index is 0.0517. The zero-order valence-corrected chi connectivity index (χ0v) is 15.5. The van der Waals surface area contributed by atoms with E-state index in [1.165, 1.54) is 6.07 Å². The summed E-state index contributed by atoms with van der Waals surface area (Å²) in [6, 6.07) is 4.69. The largest absolute Gasteiger partial charge is 0.481 e. The number of hydrogen-bond acceptors (Lipinski definition) is 3. The van der Waals surface area contributed by atoms with Gasteiger partial charge in [-0.2, -0.15) is 0 Å². The van der Waals surface area contributed by atoms with Gasteiger partial charge in [0.15, 0.2) is 0 Å². The van der Waals surface area contributed by atoms with Crippen LogP contribution in [0.3, 0.4) is 0 Å². The molecule has 0 aromatic heterocycles. The van der Waals surface area contributed by atoms with Crippen molar-refractivity contribution in [1.82, 2.24) is 4.90 Å². The van der Waals surface area contributed by atoms with Gasteiger partial charge in [0.25, 0.3) is 0 Å². The van der Waals surface area contributed by atoms with Gasteiger partial charge in [-0.05, 0) is 74.6 Å². The van der Waals surface area contributed by atoms with Crippen molar-refractivity contribution in [2.45, 2.75) is 63.4 Å². The van der Waals surface area contributed by atoms with Crippen LogP contribution in [0.15, 0.2) is 18.2 Å². The van der Waals surface area contributed by atoms with E-state index >= 15 is 0 Å². The van der Waals surface area contributed by atoms with Gasteiger partial charge in [0.1, 0.15) is 11.4 Å². The maximum absolute atomic E-state index is 13.9. The third-order valence-corrected chi connectivity index (χ3v) is 5.46. The van der Waals surface area contributed by atoms with E-state index in [2.05, 4.69) is 0 Å². The molecule has 0 radical (unpaired) electrons. The topological polar surface area (TPSA) is 66.8 Å². The van der Waals surface area contributed by atoms with Crippen LogP contribution in [0.4, 0.5) is 9.18 Å². The van der Waals surface area contributed by atoms with Crippen LogP contribution >= 0.6 is 0 Å². The number of halogens is 1. The monoisotopic (exact) mass is 363 g/mol. The Kier molecular flexibility index (Phi) is 4.71. The van der Waals surface area contributed by atoms with E-state index in [-0.39, 0.29) is 29.7 Å². The van der Waals surface area contributed by atoms with Gasteiger partial charge in [-0.3, -0.25) is 4.79 Å². The summed E-state index contributed by atoms with van der Waals surface area (Å²) in [5.41, 5.74) is 1.07. The van der Waals surface area contributed by atoms with Crippen LogP contribution < -0.4 is 0 Å². The highest BCUT2D eigenvalue weighted by molar-refractivity contribution is 5.69. The lowest BCUT2D eigenvalue weighted by molar-refractivity contribution is -0.137. The molecule has 5 nitrogen and oxygen atoms in total. The molecule has 0 bridgehead atoms. The molecule has 26 heavy (non-hydrogen) atoms. The van der Waals surface area contributed by atoms with Gasteiger partial charge in [-0.15, -0.1) is 0 Å². The predicted molar refractivity (Wildman–Crippen MR) is 94.7 cm³/mol. The van der Waals surface area contributed by atoms with Crippen molar-refractivity contribution in [3.63, 3.8) is 0 Å². The van der Waals surface area contributed by atoms with Crippen molar-refractivity contribution in [3.8, 4) is 0 Å². The molecule has 1 N–H and O–H groups in total. The lowest BCUT2D eigenvalue weighted by Crippen LogP contribution is -2.46. The summed E-state index contributed by atoms with van der Waals surface area (Å²) in [7, 11) is 0. The molecule has 2 aliphatic rings. The van der Waals surface area contributed by atoms with Gasteiger partial charge >= 0.3 is 12.1 Å². The van der Waals surface area contributed by atoms with Crippen molar-refractivity contribution in [3.05, 3.63) is 35.1 Å². The summed E-state index contributed by atoms with van der Waals surface area (Å²) < 4.78 is 19.3. The fraction of sp³-hybridized carbons (Fsp3) is 0.600. The SMILES string of the molecule is CC(C)(C)OC(=O)N1CCC2(CC1)C[C@@H](CC(=O)O)c1ccc(F)cc12. The van der Waals surface area contributed by atoms with E-state index in [4.69, 9.17) is 4.74 Å². The first-order valence-corrected chi connectivity index (χ1v) is 9.09. The lowest BCUT2D eigenvalue weighted by atomic mass is 9.73. The highest BCUT2D eigenvalue weighted by atomic mass is 19.1. The standard InChI is InChI=1S/C20H26FNO4/c1-19(2,3)26-18(25)22-8-6-20(7-9-22)12-13(10-17(23)24)15-5-4-14(21)11-16(15)20/h4-5,11,13H,6-10,12H2,1-3H3,(H,23,24)/t13-/m1/s1. The summed E-state index contributed by atoms with van der Waals surface area (Å²) in [6.45, 7) is 6.57. The average molecular weight is 363 g/mol. The Bertz CT molecular complexity index is 717. The molecule has 1 atom stereocenters. The summed E-state index contributed by atoms with van der Waals surface area (Å²) in [5.74, 6) is -1.24. The Labute approximate surface area is 153 Å². The number of amides is 1. The van der Waals surface area contributed by atoms with Crippen LogP contribution in [-0.2, 0) is 14.9 Å². The van der Waals surface area contributed by atoms with Gasteiger partial charge in [0.05, 0.1) is 6.42 Å². The van der Waals surface area contributed by atoms with E-state index in [0.29, 0.717) is 32.4 Å². The quantitative estimate of drug-likeness (QED) is 0.861. The minimum atomic E-state index is -0.839. The number of likely N-dealkylation sites (tertiary alicyclic amines) is 1. The molecule has 1 saturated heterocycles. The summed E-state index contributed by atoms with van der Waals surface area (Å²) in [5, 5.41) is 9.22. The first-order valence-electron chi connectivity index (χ1n) is 9.09. The molecule has 6 heteroatoms. The molecule has 1 amide bonds. The number of rotatable bonds is 2. The molecule has 1 aromatic rings. The van der Waals surface area contributed by atoms with E-state index < -0.39 is 11.6 Å². The van der Waals surface area contributed by atoms with Crippen LogP contribution in [0.1, 0.15) is 63.5 Å². The number of carbonyl (C=O) groups excluding carboxylic acids is 1. The number of nitrogens with zero attached hydrogens (tertiary/aromatic N) is 1. The number of carboxylic acids is 1. The molecule has 1 aliphatic carbocycles. The van der Waals surface area contributed by atoms with Crippen LogP contribution in [0.5, 0.6) is 0 Å². The molecular weight excluding hydrogens is 337 g/mol. The number of fused-ring (bicyclic) bond motifs is 2. The average Bonchev–Trinajstić information content (AvgIpc) is 2.79. The number of benzene rings is 1. The molecule has 3 rings (SSSR count). The third kappa shape index (κ3) is 3.69. The van der Waals surface area contributed by atoms with Crippen molar-refractivity contribution in [2.24, 2.45) is 0 Å². The van der Waals surface area contributed by atoms with Gasteiger partial charge in [-0.25, -0.2) is 9.18 Å². The fourth-order valence-electron chi connectivity index (χ4n) is 4.35. The van der Waals surface area contributed by atoms with Crippen LogP contribution in [-0.4, -0.2) is 40.8 Å². The molecule has 0 saturated carbocycles. The maximum Gasteiger partial charge on any atom is 0.410 e. The zero-order valence-electron chi connectivity index (χ0n) is 15.5. The Morgan fingerprint density at radius 2 is 1.96 bits per heavy atom. The second-order valence-electron chi connectivity index (χ2n) is 8.48. The molecule has 142 valence electrons. The number of carbonyl (C=O) groups is 2. The van der Waals surface area contributed by atoms with Gasteiger partial charge < -0.3 is 14.7 Å². The smallest absolute Gasteiger partial charge is 0.410 e. The first kappa shape index (κ1) is 18.7. The van der Waals surface area contributed by atoms with Gasteiger partial charge in [-0.1, -0.05) is 6.07 Å². The molecule has 1 aliphatic heterocycles. The third-order valence-electron chi connectivity index (χ3n) is 5.46. The highest BCUT2D eigenvalue weighted by Crippen LogP contribution is 2.53. The number of piperidine rings is 1. The summed E-state index contributed by atoms with van der Waals surface area (Å²) >= 11 is 0. The summed E-state index contributed by atoms with van der Waals surface area (Å²) in [4.78, 5) is 25.2. The van der Waals surface area contributed by atoms with E-state index in [9.17, 15) is 19.1 Å². The Morgan fingerprint density at radius 1 is 1.31 bits per heavy atom. The van der Waals surface area contributed by atoms with Crippen molar-refractivity contribution in [1.29, 1.82) is 0 Å². The zero-order chi connectivity index (χ0) is 19.1. The second kappa shape index (κ2) is 6.56. The predicted octanol–water partition coefficient (Wildman–Crippen LogP) is 4.06. The van der Waals surface area contributed by atoms with Crippen LogP contribution in [0.25, 0.3) is 0 Å². The second-order valence-corrected chi connectivity index (χ2v) is 8.48. The Morgan fingerprint density at radius 3 is 2.54 bits per heavy atom. The van der Waals surface area contributed by atoms with Crippen molar-refractivity contribution in [2.75, 3.05) is 13.1 Å². The summed E-state index contributed by atoms with van der Waals surface area (Å²) in [6.07, 6.45) is 1.81. The van der Waals surface area contributed by atoms with E-state index in [1.807, 2.05) is 20.8 Å². The van der Waals surface area contributed by atoms with Crippen molar-refractivity contribution < 1.29 is 23.8 Å². The maximum atomic E-state index is 13.9. The number of ether oxygens (including phenoxy) is 1.